The highest BCUT2D eigenvalue weighted by atomic mass is 16.2. The van der Waals surface area contributed by atoms with Gasteiger partial charge in [-0.1, -0.05) is 0 Å². The zero-order chi connectivity index (χ0) is 8.10. The summed E-state index contributed by atoms with van der Waals surface area (Å²) in [5, 5.41) is 6.35. The molecule has 6 heteroatoms. The second kappa shape index (κ2) is 3.89. The van der Waals surface area contributed by atoms with Crippen LogP contribution < -0.4 is 21.6 Å². The highest BCUT2D eigenvalue weighted by molar-refractivity contribution is 5.78. The molecule has 6 nitrogen and oxygen atoms in total. The van der Waals surface area contributed by atoms with Crippen LogP contribution in [0, 0.1) is 0 Å². The van der Waals surface area contributed by atoms with Gasteiger partial charge in [-0.3, -0.25) is 10.2 Å². The van der Waals surface area contributed by atoms with Crippen molar-refractivity contribution in [2.75, 3.05) is 6.54 Å². The van der Waals surface area contributed by atoms with E-state index in [1.54, 1.807) is 13.1 Å². The van der Waals surface area contributed by atoms with Crippen LogP contribution in [0.25, 0.3) is 0 Å². The number of carbonyl (C=O) groups excluding carboxylic acids is 1. The van der Waals surface area contributed by atoms with Crippen LogP contribution in [0.1, 0.15) is 6.92 Å². The second-order valence-electron chi connectivity index (χ2n) is 2.01. The van der Waals surface area contributed by atoms with E-state index >= 15 is 0 Å². The van der Waals surface area contributed by atoms with Crippen molar-refractivity contribution in [3.05, 3.63) is 0 Å². The molecule has 0 saturated carbocycles. The molecule has 0 aromatic carbocycles. The van der Waals surface area contributed by atoms with E-state index in [1.165, 1.54) is 0 Å². The van der Waals surface area contributed by atoms with Crippen LogP contribution in [0.3, 0.4) is 0 Å². The molecule has 0 radical (unpaired) electrons. The van der Waals surface area contributed by atoms with Gasteiger partial charge >= 0.3 is 0 Å². The monoisotopic (exact) mass is 157 g/mol. The number of hydrazine groups is 1. The van der Waals surface area contributed by atoms with Crippen molar-refractivity contribution >= 4 is 12.1 Å². The van der Waals surface area contributed by atoms with Gasteiger partial charge < -0.3 is 5.32 Å². The Kier molecular flexibility index (Phi) is 2.82. The lowest BCUT2D eigenvalue weighted by Crippen LogP contribution is -2.64. The van der Waals surface area contributed by atoms with E-state index in [2.05, 4.69) is 26.7 Å². The molecule has 4 N–H and O–H groups in total. The Bertz CT molecular complexity index is 168. The Morgan fingerprint density at radius 3 is 3.27 bits per heavy atom. The third-order valence-corrected chi connectivity index (χ3v) is 1.13. The predicted octanol–water partition coefficient (Wildman–Crippen LogP) is -1.91. The van der Waals surface area contributed by atoms with Gasteiger partial charge in [0.1, 0.15) is 0 Å². The number of hydrazone groups is 1. The van der Waals surface area contributed by atoms with E-state index in [0.29, 0.717) is 0 Å². The Morgan fingerprint density at radius 2 is 2.64 bits per heavy atom. The summed E-state index contributed by atoms with van der Waals surface area (Å²) < 4.78 is 0. The smallest absolute Gasteiger partial charge is 0.238 e. The molecule has 1 atom stereocenters. The molecule has 1 fully saturated rings. The fourth-order valence-corrected chi connectivity index (χ4v) is 0.695. The lowest BCUT2D eigenvalue weighted by atomic mass is 10.5. The van der Waals surface area contributed by atoms with Gasteiger partial charge in [-0.2, -0.15) is 5.10 Å². The molecule has 0 aromatic rings. The number of nitrogens with zero attached hydrogens (tertiary/aromatic N) is 1. The summed E-state index contributed by atoms with van der Waals surface area (Å²) in [6.45, 7) is 2.07. The second-order valence-corrected chi connectivity index (χ2v) is 2.01. The van der Waals surface area contributed by atoms with E-state index in [1.807, 2.05) is 0 Å². The molecule has 0 spiro atoms. The Labute approximate surface area is 64.4 Å². The van der Waals surface area contributed by atoms with Gasteiger partial charge in [0.25, 0.3) is 0 Å². The zero-order valence-electron chi connectivity index (χ0n) is 6.22. The zero-order valence-corrected chi connectivity index (χ0v) is 6.22. The van der Waals surface area contributed by atoms with E-state index in [9.17, 15) is 4.79 Å². The minimum Gasteiger partial charge on any atom is -0.320 e. The average Bonchev–Trinajstić information content (AvgIpc) is 2.01. The maximum atomic E-state index is 10.7. The van der Waals surface area contributed by atoms with E-state index < -0.39 is 0 Å². The quantitative estimate of drug-likeness (QED) is 0.278. The van der Waals surface area contributed by atoms with E-state index in [4.69, 9.17) is 0 Å². The van der Waals surface area contributed by atoms with Crippen molar-refractivity contribution in [2.45, 2.75) is 13.2 Å². The first-order chi connectivity index (χ1) is 5.33. The molecule has 1 aliphatic heterocycles. The first kappa shape index (κ1) is 7.96. The van der Waals surface area contributed by atoms with Crippen LogP contribution in [0.15, 0.2) is 5.10 Å². The highest BCUT2D eigenvalue weighted by Gasteiger charge is 2.14. The van der Waals surface area contributed by atoms with Crippen LogP contribution in [0.4, 0.5) is 0 Å². The number of rotatable bonds is 2. The predicted molar refractivity (Wildman–Crippen MR) is 40.4 cm³/mol. The summed E-state index contributed by atoms with van der Waals surface area (Å²) in [5.74, 6) is -0.0625. The van der Waals surface area contributed by atoms with Crippen molar-refractivity contribution in [1.82, 2.24) is 21.6 Å². The number of hydrogen-bond acceptors (Lipinski definition) is 5. The highest BCUT2D eigenvalue weighted by Crippen LogP contribution is 1.76. The summed E-state index contributed by atoms with van der Waals surface area (Å²) in [7, 11) is 0. The molecule has 62 valence electrons. The molecule has 1 heterocycles. The number of nitrogens with one attached hydrogen (secondary N) is 4. The van der Waals surface area contributed by atoms with Crippen molar-refractivity contribution in [2.24, 2.45) is 5.10 Å². The minimum absolute atomic E-state index is 0.0625. The normalized spacial score (nSPS) is 25.2. The van der Waals surface area contributed by atoms with Gasteiger partial charge in [0.2, 0.25) is 5.91 Å². The Morgan fingerprint density at radius 1 is 1.82 bits per heavy atom. The minimum atomic E-state index is -0.326. The van der Waals surface area contributed by atoms with E-state index in [-0.39, 0.29) is 18.7 Å². The van der Waals surface area contributed by atoms with Crippen molar-refractivity contribution in [3.8, 4) is 0 Å². The first-order valence-electron chi connectivity index (χ1n) is 3.34. The van der Waals surface area contributed by atoms with Gasteiger partial charge in [0.05, 0.1) is 6.54 Å². The molecule has 0 aliphatic carbocycles. The molecule has 1 unspecified atom stereocenters. The van der Waals surface area contributed by atoms with Crippen molar-refractivity contribution in [1.29, 1.82) is 0 Å². The maximum absolute atomic E-state index is 10.7. The Balaban J connectivity index is 2.28. The number of carbonyl (C=O) groups is 1. The van der Waals surface area contributed by atoms with Crippen LogP contribution >= 0.6 is 0 Å². The average molecular weight is 157 g/mol. The Hall–Kier alpha value is -1.14. The number of amides is 1. The molecular formula is C5H11N5O. The summed E-state index contributed by atoms with van der Waals surface area (Å²) in [4.78, 5) is 10.7. The van der Waals surface area contributed by atoms with Gasteiger partial charge in [-0.15, -0.1) is 0 Å². The van der Waals surface area contributed by atoms with Crippen LogP contribution in [0.2, 0.25) is 0 Å². The number of hydrogen-bond donors (Lipinski definition) is 4. The molecule has 1 aliphatic rings. The molecular weight excluding hydrogens is 146 g/mol. The van der Waals surface area contributed by atoms with Crippen molar-refractivity contribution in [3.63, 3.8) is 0 Å². The summed E-state index contributed by atoms with van der Waals surface area (Å²) in [6.07, 6.45) is 1.27. The molecule has 1 saturated heterocycles. The third kappa shape index (κ3) is 2.52. The van der Waals surface area contributed by atoms with Gasteiger partial charge in [-0.25, -0.2) is 10.9 Å². The molecule has 0 aromatic heterocycles. The topological polar surface area (TPSA) is 77.6 Å². The molecule has 1 amide bonds. The summed E-state index contributed by atoms with van der Waals surface area (Å²) in [6, 6.07) is 0. The largest absolute Gasteiger partial charge is 0.320 e. The molecule has 1 rings (SSSR count). The fraction of sp³-hybridized carbons (Fsp3) is 0.600. The van der Waals surface area contributed by atoms with Gasteiger partial charge in [-0.05, 0) is 6.92 Å². The first-order valence-corrected chi connectivity index (χ1v) is 3.34. The van der Waals surface area contributed by atoms with Crippen LogP contribution in [0.5, 0.6) is 0 Å². The van der Waals surface area contributed by atoms with E-state index in [0.717, 1.165) is 0 Å². The summed E-state index contributed by atoms with van der Waals surface area (Å²) >= 11 is 0. The lowest BCUT2D eigenvalue weighted by molar-refractivity contribution is -0.123. The molecule has 11 heavy (non-hydrogen) atoms. The maximum Gasteiger partial charge on any atom is 0.238 e. The van der Waals surface area contributed by atoms with Gasteiger partial charge in [0.15, 0.2) is 6.29 Å². The SMILES string of the molecule is C/C=N/NC1NNCC(=O)N1. The molecule has 0 bridgehead atoms. The van der Waals surface area contributed by atoms with Crippen molar-refractivity contribution < 1.29 is 4.79 Å². The lowest BCUT2D eigenvalue weighted by Gasteiger charge is -2.24. The summed E-state index contributed by atoms with van der Waals surface area (Å²) in [5.41, 5.74) is 8.14. The van der Waals surface area contributed by atoms with Crippen LogP contribution in [-0.4, -0.2) is 25.0 Å². The fourth-order valence-electron chi connectivity index (χ4n) is 0.695. The van der Waals surface area contributed by atoms with Crippen LogP contribution in [-0.2, 0) is 4.79 Å². The third-order valence-electron chi connectivity index (χ3n) is 1.13. The standard InChI is InChI=1S/C5H11N5O/c1-2-6-9-5-8-4(11)3-7-10-5/h2,5,7,9-10H,3H2,1H3,(H,8,11)/b6-2+. The van der Waals surface area contributed by atoms with Gasteiger partial charge in [0, 0.05) is 6.21 Å².